The normalized spacial score (nSPS) is 13.5. The molecule has 254 valence electrons. The number of allylic oxidation sites excluding steroid dienone is 6. The molecule has 0 bridgehead atoms. The number of esters is 2. The minimum atomic E-state index is -0.818. The molecule has 0 aromatic heterocycles. The van der Waals surface area contributed by atoms with Crippen LogP contribution < -0.4 is 0 Å². The summed E-state index contributed by atoms with van der Waals surface area (Å²) < 4.78 is 10.5. The highest BCUT2D eigenvalue weighted by atomic mass is 16.6. The lowest BCUT2D eigenvalue weighted by Gasteiger charge is -2.15. The van der Waals surface area contributed by atoms with Crippen molar-refractivity contribution in [1.29, 1.82) is 0 Å². The Kier molecular flexibility index (Phi) is 32.0. The summed E-state index contributed by atoms with van der Waals surface area (Å²) in [5.74, 6) is -0.700. The minimum Gasteiger partial charge on any atom is -0.462 e. The van der Waals surface area contributed by atoms with E-state index >= 15 is 0 Å². The number of aliphatic hydroxyl groups is 2. The molecule has 0 saturated carbocycles. The highest BCUT2D eigenvalue weighted by molar-refractivity contribution is 5.70. The van der Waals surface area contributed by atoms with Crippen LogP contribution in [0.1, 0.15) is 155 Å². The molecule has 0 rings (SSSR count). The Morgan fingerprint density at radius 3 is 1.86 bits per heavy atom. The quantitative estimate of drug-likeness (QED) is 0.0348. The summed E-state index contributed by atoms with van der Waals surface area (Å²) in [5.41, 5.74) is 0. The van der Waals surface area contributed by atoms with E-state index in [1.54, 1.807) is 6.08 Å². The van der Waals surface area contributed by atoms with Gasteiger partial charge in [0.15, 0.2) is 6.10 Å². The van der Waals surface area contributed by atoms with E-state index in [9.17, 15) is 19.8 Å². The molecular formula is C38H66O6. The number of hydrogen-bond donors (Lipinski definition) is 2. The fourth-order valence-corrected chi connectivity index (χ4v) is 4.68. The number of unbranched alkanes of at least 4 members (excludes halogenated alkanes) is 15. The lowest BCUT2D eigenvalue weighted by Crippen LogP contribution is -2.28. The largest absolute Gasteiger partial charge is 0.462 e. The van der Waals surface area contributed by atoms with E-state index in [2.05, 4.69) is 19.9 Å². The van der Waals surface area contributed by atoms with Crippen molar-refractivity contribution in [3.05, 3.63) is 48.6 Å². The lowest BCUT2D eigenvalue weighted by atomic mass is 10.0. The molecule has 0 aromatic rings. The molecule has 6 nitrogen and oxygen atoms in total. The molecule has 0 saturated heterocycles. The van der Waals surface area contributed by atoms with E-state index in [0.29, 0.717) is 19.3 Å². The average Bonchev–Trinajstić information content (AvgIpc) is 3.02. The Hall–Kier alpha value is -2.18. The third-order valence-corrected chi connectivity index (χ3v) is 7.46. The minimum absolute atomic E-state index is 0.105. The van der Waals surface area contributed by atoms with Crippen LogP contribution in [0.2, 0.25) is 0 Å². The zero-order valence-corrected chi connectivity index (χ0v) is 28.3. The number of carbonyl (C=O) groups excluding carboxylic acids is 2. The number of ether oxygens (including phenoxy) is 2. The third-order valence-electron chi connectivity index (χ3n) is 7.46. The van der Waals surface area contributed by atoms with E-state index in [4.69, 9.17) is 9.47 Å². The van der Waals surface area contributed by atoms with Crippen LogP contribution >= 0.6 is 0 Å². The van der Waals surface area contributed by atoms with Gasteiger partial charge in [-0.05, 0) is 44.9 Å². The second kappa shape index (κ2) is 33.7. The van der Waals surface area contributed by atoms with Crippen LogP contribution in [0, 0.1) is 0 Å². The zero-order chi connectivity index (χ0) is 32.4. The summed E-state index contributed by atoms with van der Waals surface area (Å²) >= 11 is 0. The molecule has 0 radical (unpaired) electrons. The van der Waals surface area contributed by atoms with Gasteiger partial charge in [-0.25, -0.2) is 0 Å². The van der Waals surface area contributed by atoms with Crippen LogP contribution in [-0.2, 0) is 19.1 Å². The smallest absolute Gasteiger partial charge is 0.306 e. The van der Waals surface area contributed by atoms with E-state index in [-0.39, 0.29) is 25.6 Å². The average molecular weight is 619 g/mol. The fourth-order valence-electron chi connectivity index (χ4n) is 4.68. The first kappa shape index (κ1) is 41.8. The molecule has 0 aliphatic rings. The summed E-state index contributed by atoms with van der Waals surface area (Å²) in [6.07, 6.45) is 37.6. The van der Waals surface area contributed by atoms with Crippen LogP contribution in [-0.4, -0.2) is 47.6 Å². The standard InChI is InChI=1S/C38H66O6/c1-3-5-7-9-11-12-13-14-15-19-23-27-31-37(41)43-34-36(33-39)44-38(42)32-28-24-20-16-18-22-26-30-35(40)29-25-21-17-10-8-6-4-2/h16-17,20-22,25-26,29,35-36,39-40H,3-15,18-19,23-24,27-28,30-34H2,1-2H3/b20-16+,21-17-,26-22-,29-25-/t35-,36-/m0/s1. The summed E-state index contributed by atoms with van der Waals surface area (Å²) in [7, 11) is 0. The van der Waals surface area contributed by atoms with Crippen molar-refractivity contribution >= 4 is 11.9 Å². The van der Waals surface area contributed by atoms with E-state index < -0.39 is 18.2 Å². The molecule has 2 N–H and O–H groups in total. The van der Waals surface area contributed by atoms with E-state index in [1.165, 1.54) is 77.0 Å². The van der Waals surface area contributed by atoms with Gasteiger partial charge in [-0.1, -0.05) is 146 Å². The monoisotopic (exact) mass is 618 g/mol. The van der Waals surface area contributed by atoms with Crippen LogP contribution in [0.5, 0.6) is 0 Å². The second-order valence-corrected chi connectivity index (χ2v) is 11.8. The van der Waals surface area contributed by atoms with Crippen molar-refractivity contribution < 1.29 is 29.3 Å². The van der Waals surface area contributed by atoms with Crippen molar-refractivity contribution in [2.24, 2.45) is 0 Å². The molecule has 0 spiro atoms. The Balaban J connectivity index is 3.77. The van der Waals surface area contributed by atoms with Crippen LogP contribution in [0.15, 0.2) is 48.6 Å². The summed E-state index contributed by atoms with van der Waals surface area (Å²) in [6.45, 7) is 3.97. The summed E-state index contributed by atoms with van der Waals surface area (Å²) in [6, 6.07) is 0. The van der Waals surface area contributed by atoms with Gasteiger partial charge in [0.25, 0.3) is 0 Å². The lowest BCUT2D eigenvalue weighted by molar-refractivity contribution is -0.161. The van der Waals surface area contributed by atoms with Gasteiger partial charge >= 0.3 is 11.9 Å². The Morgan fingerprint density at radius 2 is 1.20 bits per heavy atom. The molecule has 0 aliphatic carbocycles. The van der Waals surface area contributed by atoms with Gasteiger partial charge in [0.05, 0.1) is 12.7 Å². The topological polar surface area (TPSA) is 93.1 Å². The predicted octanol–water partition coefficient (Wildman–Crippen LogP) is 9.64. The third kappa shape index (κ3) is 31.3. The van der Waals surface area contributed by atoms with Crippen LogP contribution in [0.3, 0.4) is 0 Å². The van der Waals surface area contributed by atoms with Crippen LogP contribution in [0.25, 0.3) is 0 Å². The van der Waals surface area contributed by atoms with Gasteiger partial charge < -0.3 is 19.7 Å². The molecule has 0 fully saturated rings. The molecule has 0 aromatic carbocycles. The highest BCUT2D eigenvalue weighted by Crippen LogP contribution is 2.13. The highest BCUT2D eigenvalue weighted by Gasteiger charge is 2.15. The first-order valence-corrected chi connectivity index (χ1v) is 17.8. The van der Waals surface area contributed by atoms with Gasteiger partial charge in [-0.2, -0.15) is 0 Å². The van der Waals surface area contributed by atoms with Gasteiger partial charge in [-0.15, -0.1) is 0 Å². The maximum Gasteiger partial charge on any atom is 0.306 e. The SMILES string of the molecule is CCCCC/C=C\C=C/[C@H](O)C/C=C\C/C=C/CCCC(=O)O[C@@H](CO)COC(=O)CCCCCCCCCCCCCC. The number of carbonyl (C=O) groups is 2. The molecule has 44 heavy (non-hydrogen) atoms. The van der Waals surface area contributed by atoms with Gasteiger partial charge in [0, 0.05) is 12.8 Å². The maximum absolute atomic E-state index is 12.1. The first-order valence-electron chi connectivity index (χ1n) is 17.8. The molecule has 0 amide bonds. The first-order chi connectivity index (χ1) is 21.5. The maximum atomic E-state index is 12.1. The number of rotatable bonds is 31. The molecule has 0 unspecified atom stereocenters. The fraction of sp³-hybridized carbons (Fsp3) is 0.737. The molecule has 6 heteroatoms. The van der Waals surface area contributed by atoms with Crippen LogP contribution in [0.4, 0.5) is 0 Å². The van der Waals surface area contributed by atoms with Gasteiger partial charge in [0.1, 0.15) is 6.61 Å². The van der Waals surface area contributed by atoms with Crippen molar-refractivity contribution in [2.75, 3.05) is 13.2 Å². The second-order valence-electron chi connectivity index (χ2n) is 11.8. The number of aliphatic hydroxyl groups excluding tert-OH is 2. The Morgan fingerprint density at radius 1 is 0.636 bits per heavy atom. The van der Waals surface area contributed by atoms with Crippen molar-refractivity contribution in [2.45, 2.75) is 167 Å². The van der Waals surface area contributed by atoms with Crippen molar-refractivity contribution in [3.8, 4) is 0 Å². The molecule has 0 aliphatic heterocycles. The van der Waals surface area contributed by atoms with E-state index in [1.807, 2.05) is 36.5 Å². The molecular weight excluding hydrogens is 552 g/mol. The summed E-state index contributed by atoms with van der Waals surface area (Å²) in [5, 5.41) is 19.5. The van der Waals surface area contributed by atoms with Crippen molar-refractivity contribution in [3.63, 3.8) is 0 Å². The van der Waals surface area contributed by atoms with Gasteiger partial charge in [0.2, 0.25) is 0 Å². The Bertz CT molecular complexity index is 769. The predicted molar refractivity (Wildman–Crippen MR) is 183 cm³/mol. The van der Waals surface area contributed by atoms with Gasteiger partial charge in [-0.3, -0.25) is 9.59 Å². The number of hydrogen-bond acceptors (Lipinski definition) is 6. The Labute approximate surface area is 270 Å². The van der Waals surface area contributed by atoms with Crippen molar-refractivity contribution in [1.82, 2.24) is 0 Å². The zero-order valence-electron chi connectivity index (χ0n) is 28.3. The summed E-state index contributed by atoms with van der Waals surface area (Å²) in [4.78, 5) is 24.1. The van der Waals surface area contributed by atoms with E-state index in [0.717, 1.165) is 38.5 Å². The molecule has 2 atom stereocenters. The molecule has 0 heterocycles.